The summed E-state index contributed by atoms with van der Waals surface area (Å²) in [5.41, 5.74) is 1.45. The summed E-state index contributed by atoms with van der Waals surface area (Å²) in [6.07, 6.45) is -0.917. The van der Waals surface area contributed by atoms with Crippen LogP contribution >= 0.6 is 15.9 Å². The van der Waals surface area contributed by atoms with Crippen molar-refractivity contribution in [3.63, 3.8) is 0 Å². The molecule has 74 valence electrons. The first-order valence-corrected chi connectivity index (χ1v) is 4.84. The minimum atomic E-state index is -2.35. The average Bonchev–Trinajstić information content (AvgIpc) is 2.47. The van der Waals surface area contributed by atoms with E-state index in [9.17, 15) is 8.78 Å². The van der Waals surface area contributed by atoms with Crippen LogP contribution in [0.15, 0.2) is 29.0 Å². The molecule has 1 aromatic heterocycles. The van der Waals surface area contributed by atoms with E-state index in [0.29, 0.717) is 0 Å². The Morgan fingerprint density at radius 3 is 2.93 bits per heavy atom. The topological polar surface area (TPSA) is 17.8 Å². The molecule has 0 bridgehead atoms. The fraction of sp³-hybridized carbons (Fsp3) is 0.222. The lowest BCUT2D eigenvalue weighted by Crippen LogP contribution is -2.04. The Morgan fingerprint density at radius 2 is 2.21 bits per heavy atom. The zero-order valence-electron chi connectivity index (χ0n) is 7.12. The Balaban J connectivity index is 2.47. The number of hydrogen-bond acceptors (Lipinski definition) is 1. The maximum absolute atomic E-state index is 12.1. The molecule has 0 aliphatic rings. The number of nitrogens with zero attached hydrogens (tertiary/aromatic N) is 2. The first kappa shape index (κ1) is 9.58. The highest BCUT2D eigenvalue weighted by Crippen LogP contribution is 2.19. The van der Waals surface area contributed by atoms with Crippen LogP contribution in [0.1, 0.15) is 0 Å². The minimum Gasteiger partial charge on any atom is -0.325 e. The molecule has 2 nitrogen and oxygen atoms in total. The molecule has 1 heterocycles. The maximum atomic E-state index is 12.1. The van der Waals surface area contributed by atoms with E-state index in [1.54, 1.807) is 12.1 Å². The molecule has 0 aliphatic heterocycles. The van der Waals surface area contributed by atoms with Gasteiger partial charge in [-0.05, 0) is 18.2 Å². The van der Waals surface area contributed by atoms with Crippen molar-refractivity contribution in [1.29, 1.82) is 0 Å². The van der Waals surface area contributed by atoms with Gasteiger partial charge in [0.2, 0.25) is 0 Å². The second-order valence-electron chi connectivity index (χ2n) is 2.92. The van der Waals surface area contributed by atoms with Crippen LogP contribution in [0.5, 0.6) is 0 Å². The summed E-state index contributed by atoms with van der Waals surface area (Å²) in [7, 11) is 0. The Bertz CT molecular complexity index is 453. The van der Waals surface area contributed by atoms with Gasteiger partial charge in [-0.25, -0.2) is 13.8 Å². The minimum absolute atomic E-state index is 0.307. The van der Waals surface area contributed by atoms with Crippen LogP contribution in [0.3, 0.4) is 0 Å². The Hall–Kier alpha value is -0.970. The van der Waals surface area contributed by atoms with Gasteiger partial charge in [-0.1, -0.05) is 15.9 Å². The summed E-state index contributed by atoms with van der Waals surface area (Å²) in [5, 5.41) is 0. The monoisotopic (exact) mass is 260 g/mol. The molecule has 0 spiro atoms. The van der Waals surface area contributed by atoms with E-state index in [1.165, 1.54) is 10.9 Å². The summed E-state index contributed by atoms with van der Waals surface area (Å²) < 4.78 is 26.6. The first-order chi connectivity index (χ1) is 6.66. The largest absolute Gasteiger partial charge is 0.325 e. The summed E-state index contributed by atoms with van der Waals surface area (Å²) >= 11 is 3.30. The highest BCUT2D eigenvalue weighted by atomic mass is 79.9. The van der Waals surface area contributed by atoms with Crippen molar-refractivity contribution in [2.24, 2.45) is 0 Å². The SMILES string of the molecule is FC(F)Cn1cnc2cc(Br)ccc21. The summed E-state index contributed by atoms with van der Waals surface area (Å²) in [6.45, 7) is -0.307. The lowest BCUT2D eigenvalue weighted by molar-refractivity contribution is 0.128. The zero-order valence-corrected chi connectivity index (χ0v) is 8.71. The van der Waals surface area contributed by atoms with Gasteiger partial charge in [-0.15, -0.1) is 0 Å². The third-order valence-electron chi connectivity index (χ3n) is 1.92. The molecule has 0 amide bonds. The van der Waals surface area contributed by atoms with Crippen molar-refractivity contribution in [3.8, 4) is 0 Å². The molecule has 5 heteroatoms. The number of aromatic nitrogens is 2. The van der Waals surface area contributed by atoms with Crippen LogP contribution in [0.4, 0.5) is 8.78 Å². The quantitative estimate of drug-likeness (QED) is 0.812. The molecule has 1 aromatic carbocycles. The Kier molecular flexibility index (Phi) is 2.50. The van der Waals surface area contributed by atoms with Gasteiger partial charge in [-0.2, -0.15) is 0 Å². The number of imidazole rings is 1. The second kappa shape index (κ2) is 3.65. The van der Waals surface area contributed by atoms with Gasteiger partial charge >= 0.3 is 0 Å². The standard InChI is InChI=1S/C9H7BrF2N2/c10-6-1-2-8-7(3-6)13-5-14(8)4-9(11)12/h1-3,5,9H,4H2. The molecule has 2 aromatic rings. The molecule has 2 rings (SSSR count). The van der Waals surface area contributed by atoms with Gasteiger partial charge in [0.05, 0.1) is 23.9 Å². The van der Waals surface area contributed by atoms with Gasteiger partial charge in [0, 0.05) is 4.47 Å². The highest BCUT2D eigenvalue weighted by molar-refractivity contribution is 9.10. The fourth-order valence-electron chi connectivity index (χ4n) is 1.33. The number of fused-ring (bicyclic) bond motifs is 1. The zero-order chi connectivity index (χ0) is 10.1. The van der Waals surface area contributed by atoms with Crippen LogP contribution < -0.4 is 0 Å². The third-order valence-corrected chi connectivity index (χ3v) is 2.41. The van der Waals surface area contributed by atoms with Gasteiger partial charge in [-0.3, -0.25) is 0 Å². The second-order valence-corrected chi connectivity index (χ2v) is 3.84. The van der Waals surface area contributed by atoms with Crippen LogP contribution in [0.2, 0.25) is 0 Å². The number of alkyl halides is 2. The van der Waals surface area contributed by atoms with Crippen LogP contribution in [-0.2, 0) is 6.54 Å². The molecule has 14 heavy (non-hydrogen) atoms. The van der Waals surface area contributed by atoms with Crippen LogP contribution in [-0.4, -0.2) is 16.0 Å². The molecule has 0 radical (unpaired) electrons. The van der Waals surface area contributed by atoms with Gasteiger partial charge < -0.3 is 4.57 Å². The maximum Gasteiger partial charge on any atom is 0.256 e. The van der Waals surface area contributed by atoms with E-state index in [-0.39, 0.29) is 6.54 Å². The summed E-state index contributed by atoms with van der Waals surface area (Å²) in [4.78, 5) is 4.03. The molecule has 0 fully saturated rings. The molecular formula is C9H7BrF2N2. The van der Waals surface area contributed by atoms with Crippen molar-refractivity contribution in [1.82, 2.24) is 9.55 Å². The van der Waals surface area contributed by atoms with E-state index in [2.05, 4.69) is 20.9 Å². The van der Waals surface area contributed by atoms with Crippen LogP contribution in [0.25, 0.3) is 11.0 Å². The number of hydrogen-bond donors (Lipinski definition) is 0. The number of halogens is 3. The number of benzene rings is 1. The highest BCUT2D eigenvalue weighted by Gasteiger charge is 2.07. The lowest BCUT2D eigenvalue weighted by atomic mass is 10.3. The Morgan fingerprint density at radius 1 is 1.43 bits per heavy atom. The van der Waals surface area contributed by atoms with Crippen molar-refractivity contribution in [3.05, 3.63) is 29.0 Å². The Labute approximate surface area is 87.7 Å². The van der Waals surface area contributed by atoms with Gasteiger partial charge in [0.15, 0.2) is 0 Å². The molecular weight excluding hydrogens is 254 g/mol. The molecule has 0 aliphatic carbocycles. The van der Waals surface area contributed by atoms with Crippen molar-refractivity contribution >= 4 is 27.0 Å². The van der Waals surface area contributed by atoms with E-state index >= 15 is 0 Å². The van der Waals surface area contributed by atoms with E-state index in [4.69, 9.17) is 0 Å². The molecule has 0 atom stereocenters. The molecule has 0 unspecified atom stereocenters. The lowest BCUT2D eigenvalue weighted by Gasteiger charge is -2.02. The average molecular weight is 261 g/mol. The normalized spacial score (nSPS) is 11.4. The summed E-state index contributed by atoms with van der Waals surface area (Å²) in [6, 6.07) is 5.39. The molecule has 0 N–H and O–H groups in total. The number of rotatable bonds is 2. The predicted octanol–water partition coefficient (Wildman–Crippen LogP) is 3.06. The van der Waals surface area contributed by atoms with Gasteiger partial charge in [0.25, 0.3) is 6.43 Å². The van der Waals surface area contributed by atoms with Crippen molar-refractivity contribution in [2.45, 2.75) is 13.0 Å². The van der Waals surface area contributed by atoms with Crippen molar-refractivity contribution < 1.29 is 8.78 Å². The third kappa shape index (κ3) is 1.77. The van der Waals surface area contributed by atoms with Gasteiger partial charge in [0.1, 0.15) is 0 Å². The first-order valence-electron chi connectivity index (χ1n) is 4.05. The predicted molar refractivity (Wildman–Crippen MR) is 53.4 cm³/mol. The van der Waals surface area contributed by atoms with E-state index < -0.39 is 6.43 Å². The molecule has 0 saturated heterocycles. The smallest absolute Gasteiger partial charge is 0.256 e. The van der Waals surface area contributed by atoms with E-state index in [0.717, 1.165) is 15.5 Å². The summed E-state index contributed by atoms with van der Waals surface area (Å²) in [5.74, 6) is 0. The fourth-order valence-corrected chi connectivity index (χ4v) is 1.68. The van der Waals surface area contributed by atoms with E-state index in [1.807, 2.05) is 6.07 Å². The van der Waals surface area contributed by atoms with Crippen molar-refractivity contribution in [2.75, 3.05) is 0 Å². The van der Waals surface area contributed by atoms with Crippen LogP contribution in [0, 0.1) is 0 Å². The molecule has 0 saturated carbocycles.